The van der Waals surface area contributed by atoms with Gasteiger partial charge in [0.05, 0.1) is 4.99 Å². The minimum absolute atomic E-state index is 0.0751. The van der Waals surface area contributed by atoms with Crippen molar-refractivity contribution in [1.82, 2.24) is 4.90 Å². The second-order valence-electron chi connectivity index (χ2n) is 3.54. The van der Waals surface area contributed by atoms with Gasteiger partial charge in [-0.05, 0) is 30.7 Å². The van der Waals surface area contributed by atoms with Crippen LogP contribution in [-0.4, -0.2) is 28.9 Å². The Morgan fingerprint density at radius 1 is 1.69 bits per heavy atom. The van der Waals surface area contributed by atoms with Gasteiger partial charge in [0.2, 0.25) is 0 Å². The number of nitrogens with two attached hydrogens (primary N) is 1. The lowest BCUT2D eigenvalue weighted by molar-refractivity contribution is 0.0716. The van der Waals surface area contributed by atoms with Crippen LogP contribution < -0.4 is 5.73 Å². The van der Waals surface area contributed by atoms with Crippen molar-refractivity contribution >= 4 is 34.7 Å². The zero-order chi connectivity index (χ0) is 12.3. The third-order valence-electron chi connectivity index (χ3n) is 2.26. The van der Waals surface area contributed by atoms with Gasteiger partial charge < -0.3 is 15.1 Å². The Bertz CT molecular complexity index is 405. The number of amides is 1. The van der Waals surface area contributed by atoms with E-state index < -0.39 is 0 Å². The molecule has 0 radical (unpaired) electrons. The fourth-order valence-corrected chi connectivity index (χ4v) is 1.62. The summed E-state index contributed by atoms with van der Waals surface area (Å²) in [6.45, 7) is 1.86. The molecule has 2 N–H and O–H groups in total. The standard InChI is InChI=1S/C10H13ClN2O2S/c1-6(5-9(12)16)13(2)10(14)7-3-4-8(11)15-7/h3-4,6H,5H2,1-2H3,(H2,12,16). The van der Waals surface area contributed by atoms with Crippen molar-refractivity contribution in [1.29, 1.82) is 0 Å². The van der Waals surface area contributed by atoms with E-state index in [1.165, 1.54) is 17.0 Å². The van der Waals surface area contributed by atoms with E-state index in [9.17, 15) is 4.79 Å². The molecule has 6 heteroatoms. The highest BCUT2D eigenvalue weighted by atomic mass is 35.5. The largest absolute Gasteiger partial charge is 0.440 e. The highest BCUT2D eigenvalue weighted by molar-refractivity contribution is 7.80. The van der Waals surface area contributed by atoms with Crippen LogP contribution in [0.4, 0.5) is 0 Å². The van der Waals surface area contributed by atoms with E-state index in [1.54, 1.807) is 7.05 Å². The van der Waals surface area contributed by atoms with Crippen LogP contribution in [0, 0.1) is 0 Å². The first-order chi connectivity index (χ1) is 7.41. The third kappa shape index (κ3) is 3.21. The Hall–Kier alpha value is -1.07. The highest BCUT2D eigenvalue weighted by Gasteiger charge is 2.20. The molecule has 0 spiro atoms. The molecule has 1 amide bonds. The molecule has 0 fully saturated rings. The molecule has 0 saturated carbocycles. The molecule has 0 aliphatic heterocycles. The first kappa shape index (κ1) is 13.0. The van der Waals surface area contributed by atoms with Gasteiger partial charge in [-0.3, -0.25) is 4.79 Å². The lowest BCUT2D eigenvalue weighted by Crippen LogP contribution is -2.37. The van der Waals surface area contributed by atoms with Gasteiger partial charge in [-0.25, -0.2) is 0 Å². The fraction of sp³-hybridized carbons (Fsp3) is 0.400. The molecule has 0 aliphatic carbocycles. The number of hydrogen-bond acceptors (Lipinski definition) is 3. The molecule has 0 saturated heterocycles. The van der Waals surface area contributed by atoms with Crippen LogP contribution in [0.5, 0.6) is 0 Å². The quantitative estimate of drug-likeness (QED) is 0.842. The Morgan fingerprint density at radius 3 is 2.75 bits per heavy atom. The molecule has 1 heterocycles. The van der Waals surface area contributed by atoms with E-state index in [0.29, 0.717) is 11.4 Å². The average molecular weight is 261 g/mol. The molecule has 16 heavy (non-hydrogen) atoms. The van der Waals surface area contributed by atoms with Crippen molar-refractivity contribution in [2.45, 2.75) is 19.4 Å². The summed E-state index contributed by atoms with van der Waals surface area (Å²) in [5.74, 6) is -0.0297. The van der Waals surface area contributed by atoms with Crippen LogP contribution in [0.25, 0.3) is 0 Å². The molecule has 0 aromatic carbocycles. The van der Waals surface area contributed by atoms with Gasteiger partial charge in [-0.15, -0.1) is 0 Å². The van der Waals surface area contributed by atoms with E-state index in [-0.39, 0.29) is 22.9 Å². The van der Waals surface area contributed by atoms with Crippen LogP contribution in [0.15, 0.2) is 16.5 Å². The normalized spacial score (nSPS) is 12.2. The van der Waals surface area contributed by atoms with Crippen molar-refractivity contribution in [3.63, 3.8) is 0 Å². The molecule has 1 aromatic rings. The second kappa shape index (κ2) is 5.32. The van der Waals surface area contributed by atoms with Gasteiger partial charge in [-0.2, -0.15) is 0 Å². The summed E-state index contributed by atoms with van der Waals surface area (Å²) in [5, 5.41) is 0.193. The van der Waals surface area contributed by atoms with Crippen molar-refractivity contribution in [3.05, 3.63) is 23.1 Å². The Morgan fingerprint density at radius 2 is 2.31 bits per heavy atom. The first-order valence-electron chi connectivity index (χ1n) is 4.72. The van der Waals surface area contributed by atoms with E-state index in [1.807, 2.05) is 6.92 Å². The zero-order valence-electron chi connectivity index (χ0n) is 9.07. The summed E-state index contributed by atoms with van der Waals surface area (Å²) < 4.78 is 5.03. The Kier molecular flexibility index (Phi) is 4.32. The fourth-order valence-electron chi connectivity index (χ4n) is 1.23. The first-order valence-corrected chi connectivity index (χ1v) is 5.51. The van der Waals surface area contributed by atoms with Gasteiger partial charge in [0.25, 0.3) is 5.91 Å². The predicted octanol–water partition coefficient (Wildman–Crippen LogP) is 2.07. The van der Waals surface area contributed by atoms with Gasteiger partial charge in [0, 0.05) is 19.5 Å². The molecule has 0 bridgehead atoms. The summed E-state index contributed by atoms with van der Waals surface area (Å²) in [6.07, 6.45) is 0.478. The molecule has 0 aliphatic rings. The van der Waals surface area contributed by atoms with Crippen LogP contribution >= 0.6 is 23.8 Å². The average Bonchev–Trinajstić information content (AvgIpc) is 2.61. The summed E-state index contributed by atoms with van der Waals surface area (Å²) in [5.41, 5.74) is 5.42. The van der Waals surface area contributed by atoms with Crippen LogP contribution in [0.2, 0.25) is 5.22 Å². The van der Waals surface area contributed by atoms with Crippen LogP contribution in [0.3, 0.4) is 0 Å². The van der Waals surface area contributed by atoms with Crippen LogP contribution in [0.1, 0.15) is 23.9 Å². The van der Waals surface area contributed by atoms with Gasteiger partial charge in [0.1, 0.15) is 0 Å². The second-order valence-corrected chi connectivity index (χ2v) is 4.44. The smallest absolute Gasteiger partial charge is 0.289 e. The van der Waals surface area contributed by atoms with E-state index in [0.717, 1.165) is 0 Å². The lowest BCUT2D eigenvalue weighted by Gasteiger charge is -2.23. The summed E-state index contributed by atoms with van der Waals surface area (Å²) in [6, 6.07) is 2.99. The highest BCUT2D eigenvalue weighted by Crippen LogP contribution is 2.16. The maximum absolute atomic E-state index is 11.9. The van der Waals surface area contributed by atoms with Crippen molar-refractivity contribution in [2.75, 3.05) is 7.05 Å². The van der Waals surface area contributed by atoms with E-state index in [4.69, 9.17) is 34.0 Å². The predicted molar refractivity (Wildman–Crippen MR) is 66.7 cm³/mol. The van der Waals surface area contributed by atoms with Gasteiger partial charge in [0.15, 0.2) is 11.0 Å². The minimum atomic E-state index is -0.240. The van der Waals surface area contributed by atoms with Crippen molar-refractivity contribution in [3.8, 4) is 0 Å². The zero-order valence-corrected chi connectivity index (χ0v) is 10.6. The van der Waals surface area contributed by atoms with E-state index in [2.05, 4.69) is 0 Å². The molecular formula is C10H13ClN2O2S. The maximum Gasteiger partial charge on any atom is 0.289 e. The Labute approximate surface area is 104 Å². The Balaban J connectivity index is 2.70. The maximum atomic E-state index is 11.9. The molecule has 1 rings (SSSR count). The minimum Gasteiger partial charge on any atom is -0.440 e. The topological polar surface area (TPSA) is 59.5 Å². The summed E-state index contributed by atoms with van der Waals surface area (Å²) in [4.78, 5) is 13.8. The number of hydrogen-bond donors (Lipinski definition) is 1. The van der Waals surface area contributed by atoms with E-state index >= 15 is 0 Å². The van der Waals surface area contributed by atoms with Crippen molar-refractivity contribution in [2.24, 2.45) is 5.73 Å². The van der Waals surface area contributed by atoms with Gasteiger partial charge in [-0.1, -0.05) is 12.2 Å². The summed E-state index contributed by atoms with van der Waals surface area (Å²) >= 11 is 10.4. The number of nitrogens with zero attached hydrogens (tertiary/aromatic N) is 1. The number of thiocarbonyl (C=S) groups is 1. The molecule has 88 valence electrons. The summed E-state index contributed by atoms with van der Waals surface area (Å²) in [7, 11) is 1.67. The van der Waals surface area contributed by atoms with Gasteiger partial charge >= 0.3 is 0 Å². The monoisotopic (exact) mass is 260 g/mol. The number of carbonyl (C=O) groups is 1. The lowest BCUT2D eigenvalue weighted by atomic mass is 10.2. The molecule has 4 nitrogen and oxygen atoms in total. The number of rotatable bonds is 4. The third-order valence-corrected chi connectivity index (χ3v) is 2.63. The number of halogens is 1. The SMILES string of the molecule is CC(CC(N)=S)N(C)C(=O)c1ccc(Cl)o1. The molecule has 1 aromatic heterocycles. The number of carbonyl (C=O) groups excluding carboxylic acids is 1. The van der Waals surface area contributed by atoms with Crippen LogP contribution in [-0.2, 0) is 0 Å². The number of furan rings is 1. The molecule has 1 unspecified atom stereocenters. The molecular weight excluding hydrogens is 248 g/mol. The van der Waals surface area contributed by atoms with Crippen molar-refractivity contribution < 1.29 is 9.21 Å². The molecule has 1 atom stereocenters.